The Balaban J connectivity index is 3.05. The van der Waals surface area contributed by atoms with E-state index in [-0.39, 0.29) is 10.5 Å². The Hall–Kier alpha value is -1.07. The van der Waals surface area contributed by atoms with Crippen LogP contribution in [0, 0.1) is 6.92 Å². The number of hydrogen-bond donors (Lipinski definition) is 0. The molecule has 0 bridgehead atoms. The van der Waals surface area contributed by atoms with Crippen LogP contribution in [-0.2, 0) is 6.30 Å². The van der Waals surface area contributed by atoms with Gasteiger partial charge in [0.25, 0.3) is 0 Å². The Morgan fingerprint density at radius 2 is 2.10 bits per heavy atom. The van der Waals surface area contributed by atoms with Gasteiger partial charge < -0.3 is 0 Å². The van der Waals surface area contributed by atoms with Gasteiger partial charge in [-0.3, -0.25) is 0 Å². The highest BCUT2D eigenvalue weighted by Gasteiger charge is 2.33. The molecule has 10 heavy (non-hydrogen) atoms. The third-order valence-corrected chi connectivity index (χ3v) is 0.958. The zero-order valence-corrected chi connectivity index (χ0v) is 5.05. The van der Waals surface area contributed by atoms with E-state index in [9.17, 15) is 13.2 Å². The van der Waals surface area contributed by atoms with Gasteiger partial charge in [0.2, 0.25) is 0 Å². The molecule has 0 atom stereocenters. The van der Waals surface area contributed by atoms with Crippen LogP contribution >= 0.6 is 0 Å². The maximum absolute atomic E-state index is 11.7. The summed E-state index contributed by atoms with van der Waals surface area (Å²) in [5, 5.41) is 2.97. The first kappa shape index (κ1) is 7.04. The summed E-state index contributed by atoms with van der Waals surface area (Å²) >= 11 is 0. The normalized spacial score (nSPS) is 12.0. The van der Waals surface area contributed by atoms with E-state index in [1.165, 1.54) is 6.92 Å². The topological polar surface area (TPSA) is 30.7 Å². The smallest absolute Gasteiger partial charge is 0.220 e. The second-order valence-corrected chi connectivity index (χ2v) is 1.69. The van der Waals surface area contributed by atoms with Gasteiger partial charge in [0.15, 0.2) is 0 Å². The largest absolute Gasteiger partial charge is 0.506 e. The molecule has 3 nitrogen and oxygen atoms in total. The summed E-state index contributed by atoms with van der Waals surface area (Å²) in [6.45, 7) is 1.24. The Morgan fingerprint density at radius 1 is 1.50 bits per heavy atom. The van der Waals surface area contributed by atoms with Gasteiger partial charge in [0.1, 0.15) is 12.2 Å². The van der Waals surface area contributed by atoms with E-state index in [4.69, 9.17) is 0 Å². The summed E-state index contributed by atoms with van der Waals surface area (Å²) in [6, 6.07) is 0. The molecule has 0 fully saturated rings. The summed E-state index contributed by atoms with van der Waals surface area (Å²) in [5.41, 5.74) is 0. The number of alkyl halides is 3. The summed E-state index contributed by atoms with van der Waals surface area (Å²) in [5.74, 6) is -0.160. The van der Waals surface area contributed by atoms with Crippen molar-refractivity contribution >= 4 is 0 Å². The summed E-state index contributed by atoms with van der Waals surface area (Å²) in [6.07, 6.45) is -3.58. The Kier molecular flexibility index (Phi) is 1.38. The van der Waals surface area contributed by atoms with E-state index in [2.05, 4.69) is 10.1 Å². The fourth-order valence-electron chi connectivity index (χ4n) is 0.548. The number of rotatable bonds is 0. The van der Waals surface area contributed by atoms with Gasteiger partial charge in [0.05, 0.1) is 0 Å². The van der Waals surface area contributed by atoms with Crippen molar-refractivity contribution in [3.63, 3.8) is 0 Å². The molecular formula is C4H4F3N3. The van der Waals surface area contributed by atoms with E-state index in [0.29, 0.717) is 0 Å². The molecule has 56 valence electrons. The van der Waals surface area contributed by atoms with E-state index in [0.717, 1.165) is 6.33 Å². The third kappa shape index (κ3) is 1.09. The van der Waals surface area contributed by atoms with Crippen LogP contribution in [0.2, 0.25) is 0 Å². The zero-order chi connectivity index (χ0) is 7.78. The fraction of sp³-hybridized carbons (Fsp3) is 0.500. The Bertz CT molecular complexity index is 226. The van der Waals surface area contributed by atoms with Crippen molar-refractivity contribution in [2.24, 2.45) is 0 Å². The van der Waals surface area contributed by atoms with Gasteiger partial charge in [-0.1, -0.05) is 0 Å². The van der Waals surface area contributed by atoms with Crippen LogP contribution in [0.4, 0.5) is 13.2 Å². The Labute approximate surface area is 54.5 Å². The maximum Gasteiger partial charge on any atom is 0.506 e. The predicted molar refractivity (Wildman–Crippen MR) is 26.1 cm³/mol. The molecule has 0 N–H and O–H groups in total. The Morgan fingerprint density at radius 3 is 2.30 bits per heavy atom. The van der Waals surface area contributed by atoms with Crippen LogP contribution in [-0.4, -0.2) is 14.8 Å². The van der Waals surface area contributed by atoms with Crippen LogP contribution < -0.4 is 0 Å². The van der Waals surface area contributed by atoms with Crippen LogP contribution in [0.25, 0.3) is 0 Å². The van der Waals surface area contributed by atoms with Crippen LogP contribution in [0.5, 0.6) is 0 Å². The molecule has 0 aliphatic heterocycles. The van der Waals surface area contributed by atoms with Crippen molar-refractivity contribution in [2.45, 2.75) is 13.2 Å². The highest BCUT2D eigenvalue weighted by atomic mass is 19.4. The molecule has 1 heterocycles. The summed E-state index contributed by atoms with van der Waals surface area (Å²) in [4.78, 5) is 3.31. The number of hydrogen-bond acceptors (Lipinski definition) is 2. The summed E-state index contributed by atoms with van der Waals surface area (Å²) in [7, 11) is 0. The molecule has 0 spiro atoms. The van der Waals surface area contributed by atoms with Crippen molar-refractivity contribution in [2.75, 3.05) is 0 Å². The first-order valence-corrected chi connectivity index (χ1v) is 2.45. The minimum absolute atomic E-state index is 0.0903. The van der Waals surface area contributed by atoms with Gasteiger partial charge >= 0.3 is 6.30 Å². The SMILES string of the molecule is Cc1ncnn1C(F)(F)F. The van der Waals surface area contributed by atoms with Gasteiger partial charge in [-0.25, -0.2) is 4.98 Å². The minimum atomic E-state index is -4.44. The molecule has 1 rings (SSSR count). The van der Waals surface area contributed by atoms with Gasteiger partial charge in [0, 0.05) is 0 Å². The van der Waals surface area contributed by atoms with Crippen molar-refractivity contribution in [3.05, 3.63) is 12.2 Å². The molecule has 0 radical (unpaired) electrons. The molecule has 1 aromatic rings. The monoisotopic (exact) mass is 151 g/mol. The molecule has 6 heteroatoms. The molecule has 0 saturated heterocycles. The van der Waals surface area contributed by atoms with E-state index in [1.807, 2.05) is 0 Å². The minimum Gasteiger partial charge on any atom is -0.220 e. The molecule has 0 saturated carbocycles. The maximum atomic E-state index is 11.7. The first-order chi connectivity index (χ1) is 4.52. The lowest BCUT2D eigenvalue weighted by Crippen LogP contribution is -2.19. The van der Waals surface area contributed by atoms with Gasteiger partial charge in [-0.05, 0) is 6.92 Å². The van der Waals surface area contributed by atoms with Crippen LogP contribution in [0.15, 0.2) is 6.33 Å². The second kappa shape index (κ2) is 1.96. The van der Waals surface area contributed by atoms with Gasteiger partial charge in [-0.2, -0.15) is 9.78 Å². The highest BCUT2D eigenvalue weighted by molar-refractivity contribution is 4.79. The lowest BCUT2D eigenvalue weighted by Gasteiger charge is -2.05. The van der Waals surface area contributed by atoms with E-state index in [1.54, 1.807) is 0 Å². The third-order valence-electron chi connectivity index (χ3n) is 0.958. The number of aryl methyl sites for hydroxylation is 1. The van der Waals surface area contributed by atoms with Crippen molar-refractivity contribution in [3.8, 4) is 0 Å². The molecule has 0 aliphatic rings. The lowest BCUT2D eigenvalue weighted by molar-refractivity contribution is -0.213. The molecular weight excluding hydrogens is 147 g/mol. The molecule has 0 unspecified atom stereocenters. The van der Waals surface area contributed by atoms with Crippen molar-refractivity contribution in [1.82, 2.24) is 14.8 Å². The summed E-state index contributed by atoms with van der Waals surface area (Å²) < 4.78 is 35.1. The van der Waals surface area contributed by atoms with Crippen molar-refractivity contribution in [1.29, 1.82) is 0 Å². The quantitative estimate of drug-likeness (QED) is 0.555. The standard InChI is InChI=1S/C4H4F3N3/c1-3-8-2-9-10(3)4(5,6)7/h2H,1H3. The fourth-order valence-corrected chi connectivity index (χ4v) is 0.548. The number of aromatic nitrogens is 3. The second-order valence-electron chi connectivity index (χ2n) is 1.69. The first-order valence-electron chi connectivity index (χ1n) is 2.45. The molecule has 0 aromatic carbocycles. The van der Waals surface area contributed by atoms with E-state index >= 15 is 0 Å². The zero-order valence-electron chi connectivity index (χ0n) is 5.05. The average Bonchev–Trinajstić information content (AvgIpc) is 2.11. The lowest BCUT2D eigenvalue weighted by atomic mass is 10.7. The van der Waals surface area contributed by atoms with Crippen LogP contribution in [0.3, 0.4) is 0 Å². The van der Waals surface area contributed by atoms with E-state index < -0.39 is 6.30 Å². The molecule has 0 amide bonds. The molecule has 1 aromatic heterocycles. The van der Waals surface area contributed by atoms with Crippen molar-refractivity contribution < 1.29 is 13.2 Å². The average molecular weight is 151 g/mol. The number of nitrogens with zero attached hydrogens (tertiary/aromatic N) is 3. The van der Waals surface area contributed by atoms with Gasteiger partial charge in [-0.15, -0.1) is 13.2 Å². The predicted octanol–water partition coefficient (Wildman–Crippen LogP) is 1.06. The van der Waals surface area contributed by atoms with Crippen LogP contribution in [0.1, 0.15) is 5.82 Å². The molecule has 0 aliphatic carbocycles. The number of halogens is 3. The highest BCUT2D eigenvalue weighted by Crippen LogP contribution is 2.21.